The van der Waals surface area contributed by atoms with Crippen LogP contribution in [0, 0.1) is 5.82 Å². The topological polar surface area (TPSA) is 72.9 Å². The SMILES string of the molecule is CCNC(=NCC(=O)N1CCc2sccc2C1)NC1CCN(c2ncccc2F)C1. The van der Waals surface area contributed by atoms with Crippen LogP contribution in [0.15, 0.2) is 34.8 Å². The number of guanidine groups is 1. The van der Waals surface area contributed by atoms with Crippen LogP contribution in [0.1, 0.15) is 23.8 Å². The van der Waals surface area contributed by atoms with Gasteiger partial charge in [0.2, 0.25) is 5.91 Å². The Bertz CT molecular complexity index is 916. The number of nitrogens with one attached hydrogen (secondary N) is 2. The van der Waals surface area contributed by atoms with Gasteiger partial charge in [0.1, 0.15) is 6.54 Å². The smallest absolute Gasteiger partial charge is 0.244 e. The molecule has 1 unspecified atom stereocenters. The lowest BCUT2D eigenvalue weighted by molar-refractivity contribution is -0.130. The Kier molecular flexibility index (Phi) is 6.47. The van der Waals surface area contributed by atoms with Crippen molar-refractivity contribution in [3.05, 3.63) is 46.0 Å². The van der Waals surface area contributed by atoms with Crippen LogP contribution >= 0.6 is 11.3 Å². The van der Waals surface area contributed by atoms with Crippen LogP contribution in [0.4, 0.5) is 10.2 Å². The average Bonchev–Trinajstić information content (AvgIpc) is 3.41. The molecule has 0 aromatic carbocycles. The first-order valence-corrected chi connectivity index (χ1v) is 11.3. The van der Waals surface area contributed by atoms with Gasteiger partial charge in [0.25, 0.3) is 0 Å². The van der Waals surface area contributed by atoms with Gasteiger partial charge in [-0.2, -0.15) is 0 Å². The van der Waals surface area contributed by atoms with Crippen molar-refractivity contribution < 1.29 is 9.18 Å². The Balaban J connectivity index is 1.33. The number of carbonyl (C=O) groups excluding carboxylic acids is 1. The van der Waals surface area contributed by atoms with E-state index in [4.69, 9.17) is 0 Å². The van der Waals surface area contributed by atoms with E-state index in [0.717, 1.165) is 25.9 Å². The fourth-order valence-electron chi connectivity index (χ4n) is 3.90. The van der Waals surface area contributed by atoms with E-state index in [1.54, 1.807) is 23.6 Å². The number of amides is 1. The molecular weight excluding hydrogens is 403 g/mol. The molecule has 9 heteroatoms. The van der Waals surface area contributed by atoms with E-state index >= 15 is 0 Å². The molecule has 2 aromatic rings. The number of thiophene rings is 1. The van der Waals surface area contributed by atoms with Gasteiger partial charge in [-0.05, 0) is 48.9 Å². The summed E-state index contributed by atoms with van der Waals surface area (Å²) >= 11 is 1.76. The third kappa shape index (κ3) is 4.72. The molecule has 2 aliphatic heterocycles. The molecule has 1 atom stereocenters. The highest BCUT2D eigenvalue weighted by Gasteiger charge is 2.26. The van der Waals surface area contributed by atoms with E-state index in [1.165, 1.54) is 16.5 Å². The lowest BCUT2D eigenvalue weighted by Crippen LogP contribution is -2.45. The zero-order valence-corrected chi connectivity index (χ0v) is 17.9. The molecule has 160 valence electrons. The lowest BCUT2D eigenvalue weighted by atomic mass is 10.1. The third-order valence-electron chi connectivity index (χ3n) is 5.44. The quantitative estimate of drug-likeness (QED) is 0.561. The summed E-state index contributed by atoms with van der Waals surface area (Å²) < 4.78 is 14.0. The van der Waals surface area contributed by atoms with Gasteiger partial charge < -0.3 is 20.4 Å². The molecule has 4 rings (SSSR count). The summed E-state index contributed by atoms with van der Waals surface area (Å²) in [6, 6.07) is 5.24. The van der Waals surface area contributed by atoms with E-state index < -0.39 is 0 Å². The van der Waals surface area contributed by atoms with Crippen LogP contribution in [-0.4, -0.2) is 60.5 Å². The van der Waals surface area contributed by atoms with Gasteiger partial charge in [-0.25, -0.2) is 14.4 Å². The van der Waals surface area contributed by atoms with Crippen molar-refractivity contribution in [2.75, 3.05) is 37.6 Å². The largest absolute Gasteiger partial charge is 0.357 e. The Morgan fingerprint density at radius 1 is 1.40 bits per heavy atom. The molecule has 1 fully saturated rings. The first-order chi connectivity index (χ1) is 14.6. The Hall–Kier alpha value is -2.68. The minimum atomic E-state index is -0.306. The molecule has 0 saturated carbocycles. The number of nitrogens with zero attached hydrogens (tertiary/aromatic N) is 4. The minimum Gasteiger partial charge on any atom is -0.357 e. The number of hydrogen-bond donors (Lipinski definition) is 2. The van der Waals surface area contributed by atoms with E-state index in [-0.39, 0.29) is 24.3 Å². The number of hydrogen-bond acceptors (Lipinski definition) is 5. The molecule has 30 heavy (non-hydrogen) atoms. The summed E-state index contributed by atoms with van der Waals surface area (Å²) in [5.74, 6) is 0.733. The van der Waals surface area contributed by atoms with Crippen LogP contribution in [0.2, 0.25) is 0 Å². The van der Waals surface area contributed by atoms with Gasteiger partial charge in [0, 0.05) is 49.8 Å². The highest BCUT2D eigenvalue weighted by atomic mass is 32.1. The number of pyridine rings is 1. The normalized spacial score (nSPS) is 19.0. The van der Waals surface area contributed by atoms with Crippen molar-refractivity contribution in [2.45, 2.75) is 32.4 Å². The third-order valence-corrected chi connectivity index (χ3v) is 6.47. The van der Waals surface area contributed by atoms with Crippen LogP contribution in [-0.2, 0) is 17.8 Å². The number of fused-ring (bicyclic) bond motifs is 1. The Morgan fingerprint density at radius 2 is 2.30 bits per heavy atom. The maximum atomic E-state index is 14.0. The van der Waals surface area contributed by atoms with Crippen LogP contribution in [0.25, 0.3) is 0 Å². The zero-order chi connectivity index (χ0) is 20.9. The molecule has 0 radical (unpaired) electrons. The zero-order valence-electron chi connectivity index (χ0n) is 17.1. The summed E-state index contributed by atoms with van der Waals surface area (Å²) in [7, 11) is 0. The van der Waals surface area contributed by atoms with Crippen molar-refractivity contribution in [1.29, 1.82) is 0 Å². The maximum absolute atomic E-state index is 14.0. The molecule has 7 nitrogen and oxygen atoms in total. The van der Waals surface area contributed by atoms with Crippen molar-refractivity contribution in [2.24, 2.45) is 4.99 Å². The molecule has 0 spiro atoms. The minimum absolute atomic E-state index is 0.0349. The van der Waals surface area contributed by atoms with Crippen LogP contribution in [0.3, 0.4) is 0 Å². The molecule has 4 heterocycles. The van der Waals surface area contributed by atoms with Crippen LogP contribution in [0.5, 0.6) is 0 Å². The second kappa shape index (κ2) is 9.42. The predicted molar refractivity (Wildman–Crippen MR) is 117 cm³/mol. The Morgan fingerprint density at radius 3 is 3.13 bits per heavy atom. The standard InChI is InChI=1S/C21H27FN6OS/c1-2-23-21(25-12-19(29)27-10-6-18-15(13-27)7-11-30-18)26-16-5-9-28(14-16)20-17(22)4-3-8-24-20/h3-4,7-8,11,16H,2,5-6,9-10,12-14H2,1H3,(H2,23,25,26). The maximum Gasteiger partial charge on any atom is 0.244 e. The van der Waals surface area contributed by atoms with E-state index in [9.17, 15) is 9.18 Å². The monoisotopic (exact) mass is 430 g/mol. The van der Waals surface area contributed by atoms with Gasteiger partial charge in [0.15, 0.2) is 17.6 Å². The summed E-state index contributed by atoms with van der Waals surface area (Å²) in [6.07, 6.45) is 3.38. The van der Waals surface area contributed by atoms with E-state index in [1.807, 2.05) is 16.7 Å². The van der Waals surface area contributed by atoms with Gasteiger partial charge in [0.05, 0.1) is 0 Å². The molecule has 1 saturated heterocycles. The number of anilines is 1. The Labute approximate surface area is 180 Å². The number of aliphatic imine (C=N–C) groups is 1. The molecule has 2 aromatic heterocycles. The molecule has 0 bridgehead atoms. The number of halogens is 1. The number of carbonyl (C=O) groups is 1. The molecular formula is C21H27FN6OS. The van der Waals surface area contributed by atoms with Crippen LogP contribution < -0.4 is 15.5 Å². The number of rotatable bonds is 5. The fraction of sp³-hybridized carbons (Fsp3) is 0.476. The van der Waals surface area contributed by atoms with Gasteiger partial charge in [-0.15, -0.1) is 11.3 Å². The van der Waals surface area contributed by atoms with Crippen molar-refractivity contribution in [3.8, 4) is 0 Å². The van der Waals surface area contributed by atoms with E-state index in [0.29, 0.717) is 31.4 Å². The average molecular weight is 431 g/mol. The molecule has 0 aliphatic carbocycles. The lowest BCUT2D eigenvalue weighted by Gasteiger charge is -2.26. The van der Waals surface area contributed by atoms with Crippen molar-refractivity contribution in [1.82, 2.24) is 20.5 Å². The van der Waals surface area contributed by atoms with Gasteiger partial charge in [-0.1, -0.05) is 0 Å². The second-order valence-corrected chi connectivity index (χ2v) is 8.51. The molecule has 2 N–H and O–H groups in total. The highest BCUT2D eigenvalue weighted by molar-refractivity contribution is 7.10. The highest BCUT2D eigenvalue weighted by Crippen LogP contribution is 2.24. The molecule has 1 amide bonds. The number of aromatic nitrogens is 1. The van der Waals surface area contributed by atoms with Crippen molar-refractivity contribution >= 4 is 29.0 Å². The summed E-state index contributed by atoms with van der Waals surface area (Å²) in [4.78, 5) is 26.5. The van der Waals surface area contributed by atoms with Gasteiger partial charge in [-0.3, -0.25) is 4.79 Å². The molecule has 2 aliphatic rings. The fourth-order valence-corrected chi connectivity index (χ4v) is 4.79. The summed E-state index contributed by atoms with van der Waals surface area (Å²) in [5, 5.41) is 8.68. The first-order valence-electron chi connectivity index (χ1n) is 10.4. The van der Waals surface area contributed by atoms with Crippen molar-refractivity contribution in [3.63, 3.8) is 0 Å². The second-order valence-electron chi connectivity index (χ2n) is 7.51. The summed E-state index contributed by atoms with van der Waals surface area (Å²) in [6.45, 7) is 5.59. The van der Waals surface area contributed by atoms with E-state index in [2.05, 4.69) is 32.1 Å². The first kappa shape index (κ1) is 20.6. The predicted octanol–water partition coefficient (Wildman–Crippen LogP) is 2.00. The van der Waals surface area contributed by atoms with Gasteiger partial charge >= 0.3 is 0 Å². The summed E-state index contributed by atoms with van der Waals surface area (Å²) in [5.41, 5.74) is 1.25.